The molecule has 0 saturated heterocycles. The lowest BCUT2D eigenvalue weighted by Gasteiger charge is -2.34. The van der Waals surface area contributed by atoms with E-state index < -0.39 is 0 Å². The summed E-state index contributed by atoms with van der Waals surface area (Å²) in [5, 5.41) is 2.89. The molecule has 0 aliphatic carbocycles. The fraction of sp³-hybridized carbons (Fsp3) is 0.700. The Labute approximate surface area is 93.2 Å². The average molecular weight is 221 g/mol. The maximum atomic E-state index is 11.1. The fourth-order valence-electron chi connectivity index (χ4n) is 1.61. The van der Waals surface area contributed by atoms with E-state index >= 15 is 0 Å². The molecule has 14 heavy (non-hydrogen) atoms. The van der Waals surface area contributed by atoms with Crippen LogP contribution in [0.5, 0.6) is 0 Å². The summed E-state index contributed by atoms with van der Waals surface area (Å²) < 4.78 is 0.824. The second-order valence-corrected chi connectivity index (χ2v) is 5.03. The highest BCUT2D eigenvalue weighted by Gasteiger charge is 2.26. The molecule has 0 fully saturated rings. The summed E-state index contributed by atoms with van der Waals surface area (Å²) >= 11 is 0. The summed E-state index contributed by atoms with van der Waals surface area (Å²) in [7, 11) is 6.30. The van der Waals surface area contributed by atoms with E-state index in [1.165, 1.54) is 6.08 Å². The third-order valence-electron chi connectivity index (χ3n) is 1.52. The standard InChI is InChI=1S/C10H20N2O.ClH/c1-7-9(13)11-10(2,3)8-12(4,5)6;/h7H,1,8H2,2-6H3;1H. The van der Waals surface area contributed by atoms with Crippen LogP contribution in [0.1, 0.15) is 13.8 Å². The molecule has 0 aromatic rings. The first kappa shape index (κ1) is 15.9. The predicted molar refractivity (Wildman–Crippen MR) is 55.3 cm³/mol. The maximum Gasteiger partial charge on any atom is 0.243 e. The van der Waals surface area contributed by atoms with Crippen molar-refractivity contribution in [3.63, 3.8) is 0 Å². The van der Waals surface area contributed by atoms with Gasteiger partial charge in [-0.1, -0.05) is 6.58 Å². The Morgan fingerprint density at radius 3 is 2.14 bits per heavy atom. The molecule has 3 nitrogen and oxygen atoms in total. The van der Waals surface area contributed by atoms with E-state index in [1.54, 1.807) is 0 Å². The molecule has 0 spiro atoms. The van der Waals surface area contributed by atoms with Gasteiger partial charge in [0.15, 0.2) is 0 Å². The lowest BCUT2D eigenvalue weighted by Crippen LogP contribution is -3.00. The van der Waals surface area contributed by atoms with Crippen LogP contribution in [0.25, 0.3) is 0 Å². The van der Waals surface area contributed by atoms with Crippen LogP contribution in [0.4, 0.5) is 0 Å². The number of likely N-dealkylation sites (N-methyl/N-ethyl adjacent to an activating group) is 1. The van der Waals surface area contributed by atoms with Crippen molar-refractivity contribution in [3.8, 4) is 0 Å². The second kappa shape index (κ2) is 5.37. The Balaban J connectivity index is 0. The van der Waals surface area contributed by atoms with Crippen molar-refractivity contribution in [3.05, 3.63) is 12.7 Å². The number of quaternary nitrogens is 1. The summed E-state index contributed by atoms with van der Waals surface area (Å²) in [6, 6.07) is 0. The Kier molecular flexibility index (Phi) is 6.10. The topological polar surface area (TPSA) is 29.1 Å². The zero-order chi connectivity index (χ0) is 10.7. The quantitative estimate of drug-likeness (QED) is 0.422. The number of hydrogen-bond acceptors (Lipinski definition) is 1. The van der Waals surface area contributed by atoms with Crippen molar-refractivity contribution < 1.29 is 21.7 Å². The number of halogens is 1. The lowest BCUT2D eigenvalue weighted by molar-refractivity contribution is -0.873. The van der Waals surface area contributed by atoms with Crippen LogP contribution < -0.4 is 17.7 Å². The highest BCUT2D eigenvalue weighted by molar-refractivity contribution is 5.87. The third-order valence-corrected chi connectivity index (χ3v) is 1.52. The molecular weight excluding hydrogens is 200 g/mol. The summed E-state index contributed by atoms with van der Waals surface area (Å²) in [6.07, 6.45) is 1.30. The van der Waals surface area contributed by atoms with Crippen LogP contribution in [-0.2, 0) is 4.79 Å². The smallest absolute Gasteiger partial charge is 0.243 e. The normalized spacial score (nSPS) is 11.5. The van der Waals surface area contributed by atoms with Gasteiger partial charge >= 0.3 is 0 Å². The van der Waals surface area contributed by atoms with Crippen molar-refractivity contribution in [2.75, 3.05) is 27.7 Å². The van der Waals surface area contributed by atoms with Crippen molar-refractivity contribution in [1.29, 1.82) is 0 Å². The monoisotopic (exact) mass is 220 g/mol. The molecule has 1 N–H and O–H groups in total. The first-order valence-electron chi connectivity index (χ1n) is 4.41. The molecule has 0 aromatic carbocycles. The van der Waals surface area contributed by atoms with Crippen LogP contribution in [0.3, 0.4) is 0 Å². The Hall–Kier alpha value is -0.540. The predicted octanol–water partition coefficient (Wildman–Crippen LogP) is -2.22. The van der Waals surface area contributed by atoms with Crippen molar-refractivity contribution in [1.82, 2.24) is 5.32 Å². The Morgan fingerprint density at radius 1 is 1.43 bits per heavy atom. The first-order chi connectivity index (χ1) is 5.66. The van der Waals surface area contributed by atoms with E-state index in [0.29, 0.717) is 0 Å². The summed E-state index contributed by atoms with van der Waals surface area (Å²) in [6.45, 7) is 8.33. The summed E-state index contributed by atoms with van der Waals surface area (Å²) in [5.41, 5.74) is -0.191. The van der Waals surface area contributed by atoms with E-state index in [4.69, 9.17) is 0 Å². The molecule has 1 amide bonds. The van der Waals surface area contributed by atoms with Crippen LogP contribution in [-0.4, -0.2) is 43.6 Å². The van der Waals surface area contributed by atoms with Crippen LogP contribution >= 0.6 is 0 Å². The SMILES string of the molecule is C=CC(=O)NC(C)(C)C[N+](C)(C)C.[Cl-]. The maximum absolute atomic E-state index is 11.1. The Morgan fingerprint density at radius 2 is 1.86 bits per heavy atom. The van der Waals surface area contributed by atoms with Gasteiger partial charge in [-0.25, -0.2) is 0 Å². The molecule has 0 saturated carbocycles. The van der Waals surface area contributed by atoms with Gasteiger partial charge in [0, 0.05) is 0 Å². The zero-order valence-electron chi connectivity index (χ0n) is 9.72. The third kappa shape index (κ3) is 8.08. The van der Waals surface area contributed by atoms with Gasteiger partial charge in [-0.05, 0) is 19.9 Å². The minimum Gasteiger partial charge on any atom is -1.00 e. The van der Waals surface area contributed by atoms with Crippen molar-refractivity contribution >= 4 is 5.91 Å². The first-order valence-corrected chi connectivity index (χ1v) is 4.41. The average Bonchev–Trinajstić information content (AvgIpc) is 1.80. The van der Waals surface area contributed by atoms with Gasteiger partial charge in [0.2, 0.25) is 5.91 Å². The summed E-state index contributed by atoms with van der Waals surface area (Å²) in [4.78, 5) is 11.1. The zero-order valence-corrected chi connectivity index (χ0v) is 10.5. The van der Waals surface area contributed by atoms with Crippen LogP contribution in [0, 0.1) is 0 Å². The molecule has 0 atom stereocenters. The van der Waals surface area contributed by atoms with Gasteiger partial charge in [-0.2, -0.15) is 0 Å². The Bertz CT molecular complexity index is 207. The van der Waals surface area contributed by atoms with Crippen LogP contribution in [0.15, 0.2) is 12.7 Å². The van der Waals surface area contributed by atoms with E-state index in [0.717, 1.165) is 11.0 Å². The molecule has 0 rings (SSSR count). The number of hydrogen-bond donors (Lipinski definition) is 1. The van der Waals surface area contributed by atoms with Crippen molar-refractivity contribution in [2.24, 2.45) is 0 Å². The van der Waals surface area contributed by atoms with E-state index in [1.807, 2.05) is 13.8 Å². The molecule has 4 heteroatoms. The van der Waals surface area contributed by atoms with Gasteiger partial charge < -0.3 is 22.2 Å². The molecule has 0 aromatic heterocycles. The van der Waals surface area contributed by atoms with E-state index in [-0.39, 0.29) is 23.9 Å². The van der Waals surface area contributed by atoms with Crippen molar-refractivity contribution in [2.45, 2.75) is 19.4 Å². The number of nitrogens with one attached hydrogen (secondary N) is 1. The largest absolute Gasteiger partial charge is 1.00 e. The number of carbonyl (C=O) groups is 1. The highest BCUT2D eigenvalue weighted by Crippen LogP contribution is 2.07. The number of nitrogens with zero attached hydrogens (tertiary/aromatic N) is 1. The number of rotatable bonds is 4. The molecule has 0 radical (unpaired) electrons. The van der Waals surface area contributed by atoms with Gasteiger partial charge in [0.05, 0.1) is 26.7 Å². The molecule has 0 heterocycles. The lowest BCUT2D eigenvalue weighted by atomic mass is 10.0. The van der Waals surface area contributed by atoms with Gasteiger partial charge in [0.25, 0.3) is 0 Å². The van der Waals surface area contributed by atoms with E-state index in [2.05, 4.69) is 33.0 Å². The molecule has 0 bridgehead atoms. The molecular formula is C10H21ClN2O. The highest BCUT2D eigenvalue weighted by atomic mass is 35.5. The molecule has 0 aliphatic rings. The minimum absolute atomic E-state index is 0. The van der Waals surface area contributed by atoms with Gasteiger partial charge in [0.1, 0.15) is 6.54 Å². The van der Waals surface area contributed by atoms with Crippen LogP contribution in [0.2, 0.25) is 0 Å². The van der Waals surface area contributed by atoms with E-state index in [9.17, 15) is 4.79 Å². The minimum atomic E-state index is -0.191. The molecule has 0 unspecified atom stereocenters. The summed E-state index contributed by atoms with van der Waals surface area (Å²) in [5.74, 6) is -0.113. The van der Waals surface area contributed by atoms with Gasteiger partial charge in [-0.3, -0.25) is 4.79 Å². The molecule has 0 aliphatic heterocycles. The number of carbonyl (C=O) groups excluding carboxylic acids is 1. The molecule has 84 valence electrons. The number of amides is 1. The second-order valence-electron chi connectivity index (χ2n) is 5.03. The van der Waals surface area contributed by atoms with Gasteiger partial charge in [-0.15, -0.1) is 0 Å². The fourth-order valence-corrected chi connectivity index (χ4v) is 1.61.